The number of rotatable bonds is 3. The predicted molar refractivity (Wildman–Crippen MR) is 99.4 cm³/mol. The van der Waals surface area contributed by atoms with Crippen LogP contribution in [-0.4, -0.2) is 48.8 Å². The van der Waals surface area contributed by atoms with Crippen LogP contribution >= 0.6 is 0 Å². The van der Waals surface area contributed by atoms with Gasteiger partial charge in [-0.1, -0.05) is 0 Å². The lowest BCUT2D eigenvalue weighted by molar-refractivity contribution is 0.102. The summed E-state index contributed by atoms with van der Waals surface area (Å²) >= 11 is 0. The molecule has 9 heteroatoms. The number of ether oxygens (including phenoxy) is 2. The van der Waals surface area contributed by atoms with Crippen molar-refractivity contribution in [2.24, 2.45) is 0 Å². The number of hydrogen-bond acceptors (Lipinski definition) is 6. The average Bonchev–Trinajstić information content (AvgIpc) is 3.13. The monoisotopic (exact) mass is 391 g/mol. The molecular formula is C18H21N3O5S. The molecule has 1 saturated heterocycles. The van der Waals surface area contributed by atoms with Crippen molar-refractivity contribution in [2.75, 3.05) is 30.0 Å². The van der Waals surface area contributed by atoms with Crippen LogP contribution in [0.15, 0.2) is 18.2 Å². The van der Waals surface area contributed by atoms with E-state index >= 15 is 0 Å². The van der Waals surface area contributed by atoms with Crippen LogP contribution in [0.25, 0.3) is 0 Å². The van der Waals surface area contributed by atoms with Gasteiger partial charge in [0.1, 0.15) is 13.2 Å². The van der Waals surface area contributed by atoms with E-state index < -0.39 is 9.84 Å². The minimum absolute atomic E-state index is 0.0676. The van der Waals surface area contributed by atoms with E-state index in [1.807, 2.05) is 0 Å². The van der Waals surface area contributed by atoms with Crippen molar-refractivity contribution in [3.63, 3.8) is 0 Å². The van der Waals surface area contributed by atoms with Gasteiger partial charge in [0, 0.05) is 17.4 Å². The summed E-state index contributed by atoms with van der Waals surface area (Å²) in [6, 6.07) is 5.02. The number of nitrogens with zero attached hydrogens (tertiary/aromatic N) is 2. The van der Waals surface area contributed by atoms with Crippen LogP contribution in [-0.2, 0) is 9.84 Å². The second-order valence-electron chi connectivity index (χ2n) is 6.86. The summed E-state index contributed by atoms with van der Waals surface area (Å²) in [5.74, 6) is 1.20. The Kier molecular flexibility index (Phi) is 4.33. The number of aromatic nitrogens is 2. The zero-order valence-electron chi connectivity index (χ0n) is 15.2. The van der Waals surface area contributed by atoms with E-state index in [0.29, 0.717) is 53.8 Å². The highest BCUT2D eigenvalue weighted by Crippen LogP contribution is 2.33. The fourth-order valence-electron chi connectivity index (χ4n) is 3.63. The first-order chi connectivity index (χ1) is 12.8. The molecule has 3 heterocycles. The third kappa shape index (κ3) is 3.39. The van der Waals surface area contributed by atoms with E-state index in [0.717, 1.165) is 0 Å². The zero-order chi connectivity index (χ0) is 19.2. The third-order valence-corrected chi connectivity index (χ3v) is 6.66. The molecule has 1 atom stereocenters. The summed E-state index contributed by atoms with van der Waals surface area (Å²) < 4.78 is 36.2. The van der Waals surface area contributed by atoms with E-state index in [4.69, 9.17) is 9.47 Å². The molecule has 1 aromatic heterocycles. The topological polar surface area (TPSA) is 99.5 Å². The molecule has 0 aliphatic carbocycles. The highest BCUT2D eigenvalue weighted by atomic mass is 32.2. The van der Waals surface area contributed by atoms with Crippen molar-refractivity contribution in [1.82, 2.24) is 9.78 Å². The maximum atomic E-state index is 12.8. The Labute approximate surface area is 157 Å². The Bertz CT molecular complexity index is 1010. The van der Waals surface area contributed by atoms with Gasteiger partial charge in [-0.15, -0.1) is 0 Å². The number of carbonyl (C=O) groups excluding carboxylic acids is 1. The van der Waals surface area contributed by atoms with Crippen LogP contribution in [0, 0.1) is 13.8 Å². The van der Waals surface area contributed by atoms with Crippen molar-refractivity contribution in [3.8, 4) is 11.5 Å². The van der Waals surface area contributed by atoms with Crippen molar-refractivity contribution in [1.29, 1.82) is 0 Å². The molecule has 1 aromatic carbocycles. The molecule has 8 nitrogen and oxygen atoms in total. The zero-order valence-corrected chi connectivity index (χ0v) is 16.0. The summed E-state index contributed by atoms with van der Waals surface area (Å²) in [7, 11) is -3.03. The number of amides is 1. The SMILES string of the molecule is Cc1nn(C2CCS(=O)(=O)C2)c(C)c1C(=O)Nc1ccc2c(c1)OCCO2. The van der Waals surface area contributed by atoms with Crippen molar-refractivity contribution in [2.45, 2.75) is 26.3 Å². The van der Waals surface area contributed by atoms with E-state index in [1.165, 1.54) is 0 Å². The van der Waals surface area contributed by atoms with E-state index in [2.05, 4.69) is 10.4 Å². The molecule has 4 rings (SSSR count). The minimum Gasteiger partial charge on any atom is -0.486 e. The molecule has 1 amide bonds. The number of hydrogen-bond donors (Lipinski definition) is 1. The Hall–Kier alpha value is -2.55. The first-order valence-electron chi connectivity index (χ1n) is 8.81. The number of nitrogens with one attached hydrogen (secondary N) is 1. The smallest absolute Gasteiger partial charge is 0.259 e. The largest absolute Gasteiger partial charge is 0.486 e. The Morgan fingerprint density at radius 2 is 1.96 bits per heavy atom. The normalized spacial score (nSPS) is 20.4. The van der Waals surface area contributed by atoms with E-state index in [1.54, 1.807) is 36.7 Å². The van der Waals surface area contributed by atoms with Gasteiger partial charge in [0.25, 0.3) is 5.91 Å². The fourth-order valence-corrected chi connectivity index (χ4v) is 5.32. The van der Waals surface area contributed by atoms with E-state index in [9.17, 15) is 13.2 Å². The standard InChI is InChI=1S/C18H21N3O5S/c1-11-17(12(2)21(20-11)14-5-8-27(23,24)10-14)18(22)19-13-3-4-15-16(9-13)26-7-6-25-15/h3-4,9,14H,5-8,10H2,1-2H3,(H,19,22). The first-order valence-corrected chi connectivity index (χ1v) is 10.6. The molecule has 27 heavy (non-hydrogen) atoms. The fraction of sp³-hybridized carbons (Fsp3) is 0.444. The lowest BCUT2D eigenvalue weighted by atomic mass is 10.1. The second kappa shape index (κ2) is 6.56. The lowest BCUT2D eigenvalue weighted by Crippen LogP contribution is -2.18. The number of aryl methyl sites for hydroxylation is 1. The molecule has 1 fully saturated rings. The molecule has 0 bridgehead atoms. The van der Waals surface area contributed by atoms with Crippen LogP contribution in [0.5, 0.6) is 11.5 Å². The lowest BCUT2D eigenvalue weighted by Gasteiger charge is -2.19. The minimum atomic E-state index is -3.03. The summed E-state index contributed by atoms with van der Waals surface area (Å²) in [6.45, 7) is 4.53. The quantitative estimate of drug-likeness (QED) is 0.858. The van der Waals surface area contributed by atoms with Crippen molar-refractivity contribution < 1.29 is 22.7 Å². The number of carbonyl (C=O) groups is 1. The highest BCUT2D eigenvalue weighted by molar-refractivity contribution is 7.91. The van der Waals surface area contributed by atoms with Gasteiger partial charge < -0.3 is 14.8 Å². The third-order valence-electron chi connectivity index (χ3n) is 4.91. The molecule has 0 radical (unpaired) electrons. The second-order valence-corrected chi connectivity index (χ2v) is 9.09. The summed E-state index contributed by atoms with van der Waals surface area (Å²) in [5, 5.41) is 7.30. The van der Waals surface area contributed by atoms with Gasteiger partial charge in [-0.25, -0.2) is 8.42 Å². The van der Waals surface area contributed by atoms with Gasteiger partial charge in [-0.05, 0) is 32.4 Å². The van der Waals surface area contributed by atoms with Crippen LogP contribution in [0.1, 0.15) is 34.2 Å². The van der Waals surface area contributed by atoms with Crippen LogP contribution < -0.4 is 14.8 Å². The van der Waals surface area contributed by atoms with Gasteiger partial charge in [0.2, 0.25) is 0 Å². The van der Waals surface area contributed by atoms with Crippen molar-refractivity contribution >= 4 is 21.4 Å². The summed E-state index contributed by atoms with van der Waals surface area (Å²) in [6.07, 6.45) is 0.521. The average molecular weight is 391 g/mol. The molecular weight excluding hydrogens is 370 g/mol. The maximum absolute atomic E-state index is 12.8. The Morgan fingerprint density at radius 3 is 2.67 bits per heavy atom. The van der Waals surface area contributed by atoms with Gasteiger partial charge in [0.05, 0.1) is 28.8 Å². The van der Waals surface area contributed by atoms with Gasteiger partial charge in [0.15, 0.2) is 21.3 Å². The van der Waals surface area contributed by atoms with Gasteiger partial charge in [-0.3, -0.25) is 9.48 Å². The molecule has 2 aliphatic heterocycles. The van der Waals surface area contributed by atoms with Gasteiger partial charge >= 0.3 is 0 Å². The summed E-state index contributed by atoms with van der Waals surface area (Å²) in [5.41, 5.74) is 2.31. The van der Waals surface area contributed by atoms with Gasteiger partial charge in [-0.2, -0.15) is 5.10 Å². The predicted octanol–water partition coefficient (Wildman–Crippen LogP) is 1.88. The Balaban J connectivity index is 1.57. The number of sulfone groups is 1. The maximum Gasteiger partial charge on any atom is 0.259 e. The summed E-state index contributed by atoms with van der Waals surface area (Å²) in [4.78, 5) is 12.8. The van der Waals surface area contributed by atoms with E-state index in [-0.39, 0.29) is 23.5 Å². The van der Waals surface area contributed by atoms with Crippen LogP contribution in [0.2, 0.25) is 0 Å². The van der Waals surface area contributed by atoms with Crippen LogP contribution in [0.3, 0.4) is 0 Å². The molecule has 2 aliphatic rings. The molecule has 1 N–H and O–H groups in total. The Morgan fingerprint density at radius 1 is 1.22 bits per heavy atom. The van der Waals surface area contributed by atoms with Crippen molar-refractivity contribution in [3.05, 3.63) is 35.2 Å². The molecule has 1 unspecified atom stereocenters. The number of benzene rings is 1. The highest BCUT2D eigenvalue weighted by Gasteiger charge is 2.32. The van der Waals surface area contributed by atoms with Crippen LogP contribution in [0.4, 0.5) is 5.69 Å². The molecule has 0 saturated carbocycles. The molecule has 0 spiro atoms. The molecule has 144 valence electrons. The number of fused-ring (bicyclic) bond motifs is 1. The first kappa shape index (κ1) is 17.8. The number of anilines is 1. The molecule has 2 aromatic rings.